The molecule has 1 aromatic heterocycles. The second kappa shape index (κ2) is 3.34. The molecule has 0 atom stereocenters. The maximum Gasteiger partial charge on any atom is 0.0181 e. The van der Waals surface area contributed by atoms with E-state index in [4.69, 9.17) is 0 Å². The van der Waals surface area contributed by atoms with Crippen LogP contribution in [-0.2, 0) is 19.3 Å². The lowest BCUT2D eigenvalue weighted by Gasteiger charge is -2.09. The number of rotatable bonds is 2. The lowest BCUT2D eigenvalue weighted by atomic mass is 9.98. The topological polar surface area (TPSA) is 15.8 Å². The van der Waals surface area contributed by atoms with Crippen LogP contribution in [0.2, 0.25) is 0 Å². The number of aromatic nitrogens is 1. The Kier molecular flexibility index (Phi) is 2.20. The highest BCUT2D eigenvalue weighted by Crippen LogP contribution is 2.21. The molecule has 1 nitrogen and oxygen atoms in total. The first-order valence-corrected chi connectivity index (χ1v) is 5.10. The molecule has 12 heavy (non-hydrogen) atoms. The summed E-state index contributed by atoms with van der Waals surface area (Å²) in [6.45, 7) is 2.24. The third-order valence-electron chi connectivity index (χ3n) is 2.69. The Morgan fingerprint density at radius 2 is 2.17 bits per heavy atom. The molecular formula is C11H17N. The first-order valence-electron chi connectivity index (χ1n) is 5.10. The van der Waals surface area contributed by atoms with Gasteiger partial charge in [0.15, 0.2) is 0 Å². The highest BCUT2D eigenvalue weighted by atomic mass is 14.7. The summed E-state index contributed by atoms with van der Waals surface area (Å²) >= 11 is 0. The van der Waals surface area contributed by atoms with Gasteiger partial charge in [-0.05, 0) is 43.7 Å². The van der Waals surface area contributed by atoms with Crippen LogP contribution in [0.25, 0.3) is 0 Å². The third kappa shape index (κ3) is 1.40. The number of hydrogen-bond acceptors (Lipinski definition) is 0. The Labute approximate surface area is 74.2 Å². The molecule has 0 unspecified atom stereocenters. The van der Waals surface area contributed by atoms with Crippen LogP contribution in [0.3, 0.4) is 0 Å². The van der Waals surface area contributed by atoms with Gasteiger partial charge in [-0.3, -0.25) is 0 Å². The Hall–Kier alpha value is -0.720. The number of fused-ring (bicyclic) bond motifs is 1. The van der Waals surface area contributed by atoms with Crippen LogP contribution >= 0.6 is 0 Å². The zero-order valence-electron chi connectivity index (χ0n) is 7.82. The molecule has 2 rings (SSSR count). The molecule has 0 radical (unpaired) electrons. The predicted octanol–water partition coefficient (Wildman–Crippen LogP) is 2.85. The average Bonchev–Trinajstić information content (AvgIpc) is 2.47. The van der Waals surface area contributed by atoms with Crippen LogP contribution < -0.4 is 0 Å². The molecule has 0 aromatic carbocycles. The zero-order valence-corrected chi connectivity index (χ0v) is 7.82. The molecule has 1 N–H and O–H groups in total. The largest absolute Gasteiger partial charge is 0.362 e. The number of nitrogens with one attached hydrogen (secondary N) is 1. The van der Waals surface area contributed by atoms with Crippen molar-refractivity contribution in [3.8, 4) is 0 Å². The van der Waals surface area contributed by atoms with Gasteiger partial charge in [-0.25, -0.2) is 0 Å². The van der Waals surface area contributed by atoms with Gasteiger partial charge < -0.3 is 4.98 Å². The Bertz CT molecular complexity index is 236. The van der Waals surface area contributed by atoms with Crippen LogP contribution in [0.15, 0.2) is 6.07 Å². The number of aryl methyl sites for hydroxylation is 3. The fourth-order valence-electron chi connectivity index (χ4n) is 2.07. The fraction of sp³-hybridized carbons (Fsp3) is 0.636. The smallest absolute Gasteiger partial charge is 0.0181 e. The van der Waals surface area contributed by atoms with E-state index in [9.17, 15) is 0 Å². The fourth-order valence-corrected chi connectivity index (χ4v) is 2.07. The molecule has 0 spiro atoms. The summed E-state index contributed by atoms with van der Waals surface area (Å²) in [6, 6.07) is 2.37. The summed E-state index contributed by atoms with van der Waals surface area (Å²) in [5.41, 5.74) is 4.55. The quantitative estimate of drug-likeness (QED) is 0.690. The standard InChI is InChI=1S/C11H17N/c1-2-5-10-8-9-6-3-4-7-11(9)12-10/h8,12H,2-7H2,1H3. The van der Waals surface area contributed by atoms with E-state index in [2.05, 4.69) is 18.0 Å². The van der Waals surface area contributed by atoms with Gasteiger partial charge >= 0.3 is 0 Å². The van der Waals surface area contributed by atoms with Gasteiger partial charge in [0.05, 0.1) is 0 Å². The van der Waals surface area contributed by atoms with Gasteiger partial charge in [-0.15, -0.1) is 0 Å². The van der Waals surface area contributed by atoms with Gasteiger partial charge in [-0.2, -0.15) is 0 Å². The van der Waals surface area contributed by atoms with E-state index in [0.717, 1.165) is 0 Å². The average molecular weight is 163 g/mol. The molecule has 0 aliphatic heterocycles. The molecule has 0 saturated carbocycles. The third-order valence-corrected chi connectivity index (χ3v) is 2.69. The summed E-state index contributed by atoms with van der Waals surface area (Å²) in [6.07, 6.45) is 7.80. The van der Waals surface area contributed by atoms with Gasteiger partial charge in [0, 0.05) is 11.4 Å². The molecule has 0 bridgehead atoms. The molecule has 1 aromatic rings. The first kappa shape index (κ1) is 7.90. The molecule has 1 aliphatic carbocycles. The normalized spacial score (nSPS) is 16.1. The van der Waals surface area contributed by atoms with Crippen LogP contribution in [0.5, 0.6) is 0 Å². The SMILES string of the molecule is CCCc1cc2c([nH]1)CCCC2. The second-order valence-electron chi connectivity index (χ2n) is 3.76. The summed E-state index contributed by atoms with van der Waals surface area (Å²) in [4.78, 5) is 3.53. The first-order chi connectivity index (χ1) is 5.90. The van der Waals surface area contributed by atoms with Crippen LogP contribution in [0, 0.1) is 0 Å². The maximum absolute atomic E-state index is 3.53. The van der Waals surface area contributed by atoms with E-state index in [1.54, 1.807) is 5.56 Å². The highest BCUT2D eigenvalue weighted by molar-refractivity contribution is 5.28. The lowest BCUT2D eigenvalue weighted by molar-refractivity contribution is 0.676. The predicted molar refractivity (Wildman–Crippen MR) is 51.4 cm³/mol. The van der Waals surface area contributed by atoms with Crippen LogP contribution in [-0.4, -0.2) is 4.98 Å². The zero-order chi connectivity index (χ0) is 8.39. The van der Waals surface area contributed by atoms with E-state index in [1.165, 1.54) is 49.9 Å². The summed E-state index contributed by atoms with van der Waals surface area (Å²) in [5.74, 6) is 0. The number of aromatic amines is 1. The highest BCUT2D eigenvalue weighted by Gasteiger charge is 2.11. The maximum atomic E-state index is 3.53. The van der Waals surface area contributed by atoms with Crippen molar-refractivity contribution in [3.63, 3.8) is 0 Å². The van der Waals surface area contributed by atoms with Crippen molar-refractivity contribution >= 4 is 0 Å². The van der Waals surface area contributed by atoms with Crippen molar-refractivity contribution in [3.05, 3.63) is 23.0 Å². The van der Waals surface area contributed by atoms with Crippen molar-refractivity contribution in [2.45, 2.75) is 45.4 Å². The minimum atomic E-state index is 1.22. The Morgan fingerprint density at radius 1 is 1.33 bits per heavy atom. The van der Waals surface area contributed by atoms with E-state index < -0.39 is 0 Å². The Balaban J connectivity index is 2.20. The summed E-state index contributed by atoms with van der Waals surface area (Å²) < 4.78 is 0. The van der Waals surface area contributed by atoms with Gasteiger partial charge in [0.2, 0.25) is 0 Å². The number of H-pyrrole nitrogens is 1. The molecule has 66 valence electrons. The van der Waals surface area contributed by atoms with Gasteiger partial charge in [0.1, 0.15) is 0 Å². The minimum Gasteiger partial charge on any atom is -0.362 e. The summed E-state index contributed by atoms with van der Waals surface area (Å²) in [7, 11) is 0. The van der Waals surface area contributed by atoms with Gasteiger partial charge in [0.25, 0.3) is 0 Å². The molecular weight excluding hydrogens is 146 g/mol. The lowest BCUT2D eigenvalue weighted by Crippen LogP contribution is -1.99. The van der Waals surface area contributed by atoms with E-state index >= 15 is 0 Å². The summed E-state index contributed by atoms with van der Waals surface area (Å²) in [5, 5.41) is 0. The van der Waals surface area contributed by atoms with Crippen molar-refractivity contribution < 1.29 is 0 Å². The molecule has 0 amide bonds. The molecule has 0 saturated heterocycles. The van der Waals surface area contributed by atoms with Crippen molar-refractivity contribution in [2.75, 3.05) is 0 Å². The molecule has 1 heteroatoms. The molecule has 1 aliphatic rings. The Morgan fingerprint density at radius 3 is 2.92 bits per heavy atom. The second-order valence-corrected chi connectivity index (χ2v) is 3.76. The van der Waals surface area contributed by atoms with E-state index in [1.807, 2.05) is 0 Å². The van der Waals surface area contributed by atoms with E-state index in [0.29, 0.717) is 0 Å². The van der Waals surface area contributed by atoms with Gasteiger partial charge in [-0.1, -0.05) is 13.3 Å². The molecule has 1 heterocycles. The van der Waals surface area contributed by atoms with Crippen LogP contribution in [0.4, 0.5) is 0 Å². The van der Waals surface area contributed by atoms with Crippen molar-refractivity contribution in [2.24, 2.45) is 0 Å². The number of hydrogen-bond donors (Lipinski definition) is 1. The van der Waals surface area contributed by atoms with Crippen molar-refractivity contribution in [1.82, 2.24) is 4.98 Å². The monoisotopic (exact) mass is 163 g/mol. The van der Waals surface area contributed by atoms with Crippen LogP contribution in [0.1, 0.15) is 43.1 Å². The molecule has 0 fully saturated rings. The van der Waals surface area contributed by atoms with E-state index in [-0.39, 0.29) is 0 Å². The minimum absolute atomic E-state index is 1.22. The van der Waals surface area contributed by atoms with Crippen molar-refractivity contribution in [1.29, 1.82) is 0 Å².